The second kappa shape index (κ2) is 8.19. The molecule has 35 heavy (non-hydrogen) atoms. The van der Waals surface area contributed by atoms with Gasteiger partial charge in [0.25, 0.3) is 5.95 Å². The Labute approximate surface area is 198 Å². The van der Waals surface area contributed by atoms with Crippen LogP contribution in [0.25, 0.3) is 17.0 Å². The maximum Gasteiger partial charge on any atom is 0.255 e. The maximum absolute atomic E-state index is 14.3. The van der Waals surface area contributed by atoms with Gasteiger partial charge >= 0.3 is 0 Å². The fourth-order valence-corrected chi connectivity index (χ4v) is 4.35. The number of aromatic nitrogens is 5. The van der Waals surface area contributed by atoms with Crippen molar-refractivity contribution in [3.8, 4) is 5.95 Å². The third-order valence-electron chi connectivity index (χ3n) is 6.25. The molecule has 11 heteroatoms. The second-order valence-electron chi connectivity index (χ2n) is 8.77. The summed E-state index contributed by atoms with van der Waals surface area (Å²) < 4.78 is 29.7. The van der Waals surface area contributed by atoms with Crippen molar-refractivity contribution in [2.24, 2.45) is 0 Å². The van der Waals surface area contributed by atoms with Crippen LogP contribution >= 0.6 is 0 Å². The average Bonchev–Trinajstić information content (AvgIpc) is 3.28. The summed E-state index contributed by atoms with van der Waals surface area (Å²) in [5.74, 6) is -1.16. The highest BCUT2D eigenvalue weighted by molar-refractivity contribution is 6.06. The van der Waals surface area contributed by atoms with Gasteiger partial charge in [0.2, 0.25) is 5.91 Å². The van der Waals surface area contributed by atoms with E-state index < -0.39 is 17.0 Å². The topological polar surface area (TPSA) is 129 Å². The number of hydrogen-bond acceptors (Lipinski definition) is 7. The number of rotatable bonds is 6. The molecule has 1 aliphatic heterocycles. The van der Waals surface area contributed by atoms with Crippen LogP contribution < -0.4 is 11.1 Å². The molecule has 1 amide bonds. The van der Waals surface area contributed by atoms with Crippen LogP contribution in [-0.2, 0) is 21.4 Å². The third kappa shape index (κ3) is 3.78. The Morgan fingerprint density at radius 2 is 2.00 bits per heavy atom. The summed E-state index contributed by atoms with van der Waals surface area (Å²) in [6.45, 7) is 3.14. The molecule has 1 aromatic carbocycles. The van der Waals surface area contributed by atoms with Crippen molar-refractivity contribution in [2.45, 2.75) is 38.5 Å². The predicted octanol–water partition coefficient (Wildman–Crippen LogP) is 3.24. The highest BCUT2D eigenvalue weighted by Crippen LogP contribution is 2.43. The van der Waals surface area contributed by atoms with E-state index >= 15 is 0 Å². The second-order valence-corrected chi connectivity index (χ2v) is 8.77. The zero-order chi connectivity index (χ0) is 24.9. The van der Waals surface area contributed by atoms with Gasteiger partial charge in [-0.15, -0.1) is 0 Å². The van der Waals surface area contributed by atoms with Gasteiger partial charge in [0.15, 0.2) is 0 Å². The number of benzene rings is 1. The van der Waals surface area contributed by atoms with Gasteiger partial charge in [-0.1, -0.05) is 18.2 Å². The number of ketones is 1. The maximum atomic E-state index is 14.3. The van der Waals surface area contributed by atoms with E-state index in [2.05, 4.69) is 25.4 Å². The Kier molecular flexibility index (Phi) is 5.27. The fourth-order valence-electron chi connectivity index (χ4n) is 4.35. The van der Waals surface area contributed by atoms with Crippen molar-refractivity contribution in [3.05, 3.63) is 65.0 Å². The van der Waals surface area contributed by atoms with E-state index in [4.69, 9.17) is 5.73 Å². The number of carbonyl (C=O) groups excluding carboxylic acids is 2. The van der Waals surface area contributed by atoms with Crippen molar-refractivity contribution < 1.29 is 18.4 Å². The Morgan fingerprint density at radius 3 is 2.74 bits per heavy atom. The van der Waals surface area contributed by atoms with E-state index in [1.54, 1.807) is 25.1 Å². The number of nitrogens with two attached hydrogens (primary N) is 1. The molecule has 1 aliphatic rings. The zero-order valence-electron chi connectivity index (χ0n) is 19.0. The Hall–Kier alpha value is -4.28. The third-order valence-corrected chi connectivity index (χ3v) is 6.25. The molecule has 0 aliphatic carbocycles. The van der Waals surface area contributed by atoms with Crippen molar-refractivity contribution in [3.63, 3.8) is 0 Å². The number of amides is 1. The van der Waals surface area contributed by atoms with E-state index in [0.717, 1.165) is 6.20 Å². The molecule has 0 bridgehead atoms. The Bertz CT molecular complexity index is 1520. The zero-order valence-corrected chi connectivity index (χ0v) is 19.0. The SMILES string of the molecule is CC(=O)CCC1(C)C(=O)Nc2nc(-n3nc(Cc4ccccc4F)c4ncc(F)cc43)nc(N)c21. The van der Waals surface area contributed by atoms with Gasteiger partial charge in [0.1, 0.15) is 34.6 Å². The smallest absolute Gasteiger partial charge is 0.255 e. The number of nitrogen functional groups attached to an aromatic ring is 1. The molecule has 1 atom stereocenters. The Morgan fingerprint density at radius 1 is 1.23 bits per heavy atom. The molecule has 5 rings (SSSR count). The summed E-state index contributed by atoms with van der Waals surface area (Å²) in [5, 5.41) is 7.22. The number of pyridine rings is 1. The lowest BCUT2D eigenvalue weighted by Crippen LogP contribution is -2.32. The minimum atomic E-state index is -1.07. The monoisotopic (exact) mass is 477 g/mol. The number of fused-ring (bicyclic) bond motifs is 2. The largest absolute Gasteiger partial charge is 0.383 e. The molecule has 0 spiro atoms. The number of halogens is 2. The van der Waals surface area contributed by atoms with Crippen LogP contribution in [0.2, 0.25) is 0 Å². The quantitative estimate of drug-likeness (QED) is 0.436. The Balaban J connectivity index is 1.63. The van der Waals surface area contributed by atoms with Gasteiger partial charge < -0.3 is 15.8 Å². The van der Waals surface area contributed by atoms with Gasteiger partial charge in [-0.25, -0.2) is 13.8 Å². The van der Waals surface area contributed by atoms with Crippen LogP contribution in [0.1, 0.15) is 43.5 Å². The number of Topliss-reactive ketones (excluding diaryl/α,β-unsaturated/α-hetero) is 1. The molecule has 3 aromatic heterocycles. The number of nitrogens with one attached hydrogen (secondary N) is 1. The van der Waals surface area contributed by atoms with Crippen LogP contribution in [0.5, 0.6) is 0 Å². The lowest BCUT2D eigenvalue weighted by molar-refractivity contribution is -0.121. The molecule has 4 aromatic rings. The van der Waals surface area contributed by atoms with Crippen molar-refractivity contribution in [1.29, 1.82) is 0 Å². The molecule has 0 saturated carbocycles. The molecule has 0 fully saturated rings. The number of hydrogen-bond donors (Lipinski definition) is 2. The number of nitrogens with zero attached hydrogens (tertiary/aromatic N) is 5. The molecule has 1 unspecified atom stereocenters. The summed E-state index contributed by atoms with van der Waals surface area (Å²) >= 11 is 0. The van der Waals surface area contributed by atoms with Gasteiger partial charge in [0, 0.05) is 18.9 Å². The first-order chi connectivity index (χ1) is 16.7. The molecule has 4 heterocycles. The molecular weight excluding hydrogens is 456 g/mol. The first kappa shape index (κ1) is 22.5. The lowest BCUT2D eigenvalue weighted by atomic mass is 9.80. The molecular formula is C24H21F2N7O2. The van der Waals surface area contributed by atoms with E-state index in [1.807, 2.05) is 0 Å². The molecule has 0 radical (unpaired) electrons. The van der Waals surface area contributed by atoms with Crippen LogP contribution in [-0.4, -0.2) is 36.4 Å². The highest BCUT2D eigenvalue weighted by atomic mass is 19.1. The molecule has 0 saturated heterocycles. The van der Waals surface area contributed by atoms with Gasteiger partial charge in [-0.2, -0.15) is 19.7 Å². The summed E-state index contributed by atoms with van der Waals surface area (Å²) in [5.41, 5.74) is 7.01. The first-order valence-corrected chi connectivity index (χ1v) is 10.9. The van der Waals surface area contributed by atoms with Gasteiger partial charge in [-0.05, 0) is 31.9 Å². The minimum absolute atomic E-state index is 0.00504. The van der Waals surface area contributed by atoms with E-state index in [0.29, 0.717) is 22.3 Å². The molecule has 3 N–H and O–H groups in total. The van der Waals surface area contributed by atoms with Gasteiger partial charge in [-0.3, -0.25) is 4.79 Å². The van der Waals surface area contributed by atoms with E-state index in [-0.39, 0.29) is 54.1 Å². The highest BCUT2D eigenvalue weighted by Gasteiger charge is 2.46. The number of anilines is 2. The fraction of sp³-hybridized carbons (Fsp3) is 0.250. The van der Waals surface area contributed by atoms with Crippen molar-refractivity contribution in [2.75, 3.05) is 11.1 Å². The summed E-state index contributed by atoms with van der Waals surface area (Å²) in [4.78, 5) is 37.3. The number of carbonyl (C=O) groups is 2. The van der Waals surface area contributed by atoms with Crippen LogP contribution in [0.15, 0.2) is 36.5 Å². The van der Waals surface area contributed by atoms with Crippen molar-refractivity contribution in [1.82, 2.24) is 24.7 Å². The van der Waals surface area contributed by atoms with Gasteiger partial charge in [0.05, 0.1) is 28.4 Å². The summed E-state index contributed by atoms with van der Waals surface area (Å²) in [6.07, 6.45) is 1.60. The minimum Gasteiger partial charge on any atom is -0.383 e. The predicted molar refractivity (Wildman–Crippen MR) is 124 cm³/mol. The first-order valence-electron chi connectivity index (χ1n) is 10.9. The van der Waals surface area contributed by atoms with E-state index in [9.17, 15) is 18.4 Å². The molecule has 178 valence electrons. The lowest BCUT2D eigenvalue weighted by Gasteiger charge is -2.22. The van der Waals surface area contributed by atoms with Crippen molar-refractivity contribution >= 4 is 34.4 Å². The van der Waals surface area contributed by atoms with Crippen LogP contribution in [0, 0.1) is 11.6 Å². The average molecular weight is 477 g/mol. The van der Waals surface area contributed by atoms with E-state index in [1.165, 1.54) is 23.7 Å². The summed E-state index contributed by atoms with van der Waals surface area (Å²) in [6, 6.07) is 7.49. The van der Waals surface area contributed by atoms with Crippen LogP contribution in [0.3, 0.4) is 0 Å². The molecule has 9 nitrogen and oxygen atoms in total. The van der Waals surface area contributed by atoms with Crippen LogP contribution in [0.4, 0.5) is 20.4 Å². The standard InChI is InChI=1S/C24H21F2N7O2/c1-12(34)7-8-24(2)18-20(27)29-23(31-21(18)30-22(24)35)33-17-10-14(25)11-28-19(17)16(32-33)9-13-5-3-4-6-15(13)26/h3-6,10-11H,7-9H2,1-2H3,(H3,27,29,30,31,35). The summed E-state index contributed by atoms with van der Waals surface area (Å²) in [7, 11) is 0. The normalized spacial score (nSPS) is 17.0.